The molecule has 1 fully saturated rings. The van der Waals surface area contributed by atoms with Crippen molar-refractivity contribution in [3.63, 3.8) is 0 Å². The quantitative estimate of drug-likeness (QED) is 0.453. The Balaban J connectivity index is 2.02. The van der Waals surface area contributed by atoms with Crippen molar-refractivity contribution in [1.82, 2.24) is 10.2 Å². The number of carbonyl (C=O) groups excluding carboxylic acids is 2. The van der Waals surface area contributed by atoms with Gasteiger partial charge in [-0.1, -0.05) is 57.5 Å². The lowest BCUT2D eigenvalue weighted by Crippen LogP contribution is -2.51. The summed E-state index contributed by atoms with van der Waals surface area (Å²) in [5, 5.41) is 13.6. The van der Waals surface area contributed by atoms with E-state index in [1.807, 2.05) is 42.2 Å². The molecule has 2 N–H and O–H groups in total. The molecule has 0 aliphatic carbocycles. The molecule has 2 amide bonds. The Labute approximate surface area is 205 Å². The maximum Gasteiger partial charge on any atom is 0.225 e. The number of benzene rings is 1. The second-order valence-corrected chi connectivity index (χ2v) is 9.75. The normalized spacial score (nSPS) is 21.4. The number of hydrogen-bond acceptors (Lipinski definition) is 5. The molecule has 7 atom stereocenters. The van der Waals surface area contributed by atoms with Crippen LogP contribution in [0.25, 0.3) is 0 Å². The lowest BCUT2D eigenvalue weighted by atomic mass is 9.93. The van der Waals surface area contributed by atoms with Gasteiger partial charge in [-0.3, -0.25) is 9.59 Å². The van der Waals surface area contributed by atoms with E-state index < -0.39 is 24.2 Å². The van der Waals surface area contributed by atoms with E-state index in [4.69, 9.17) is 9.47 Å². The molecule has 1 aliphatic rings. The number of likely N-dealkylation sites (tertiary alicyclic amines) is 1. The third-order valence-electron chi connectivity index (χ3n) is 7.26. The summed E-state index contributed by atoms with van der Waals surface area (Å²) >= 11 is 0. The van der Waals surface area contributed by atoms with Gasteiger partial charge < -0.3 is 24.8 Å². The number of ether oxygens (including phenoxy) is 2. The summed E-state index contributed by atoms with van der Waals surface area (Å²) in [4.78, 5) is 28.1. The van der Waals surface area contributed by atoms with Crippen molar-refractivity contribution in [2.75, 3.05) is 20.8 Å². The highest BCUT2D eigenvalue weighted by atomic mass is 16.5. The number of nitrogens with one attached hydrogen (secondary N) is 1. The van der Waals surface area contributed by atoms with Crippen LogP contribution in [0.5, 0.6) is 0 Å². The first-order valence-electron chi connectivity index (χ1n) is 12.6. The molecule has 192 valence electrons. The van der Waals surface area contributed by atoms with Crippen LogP contribution in [0.1, 0.15) is 71.5 Å². The van der Waals surface area contributed by atoms with Gasteiger partial charge in [0.05, 0.1) is 42.7 Å². The Bertz CT molecular complexity index is 759. The molecule has 1 heterocycles. The minimum absolute atomic E-state index is 0.0557. The van der Waals surface area contributed by atoms with E-state index in [1.54, 1.807) is 21.1 Å². The third kappa shape index (κ3) is 7.52. The minimum atomic E-state index is -0.806. The number of amides is 2. The van der Waals surface area contributed by atoms with E-state index in [2.05, 4.69) is 19.2 Å². The van der Waals surface area contributed by atoms with Crippen LogP contribution in [-0.2, 0) is 19.1 Å². The van der Waals surface area contributed by atoms with Crippen LogP contribution in [0.15, 0.2) is 30.3 Å². The fraction of sp³-hybridized carbons (Fsp3) is 0.704. The Morgan fingerprint density at radius 1 is 1.15 bits per heavy atom. The summed E-state index contributed by atoms with van der Waals surface area (Å²) in [5.41, 5.74) is 0.754. The first-order valence-corrected chi connectivity index (χ1v) is 12.6. The maximum atomic E-state index is 13.2. The van der Waals surface area contributed by atoms with Crippen molar-refractivity contribution in [2.45, 2.75) is 90.2 Å². The van der Waals surface area contributed by atoms with Gasteiger partial charge in [-0.25, -0.2) is 0 Å². The number of methoxy groups -OCH3 is 2. The van der Waals surface area contributed by atoms with Crippen LogP contribution in [0, 0.1) is 11.8 Å². The topological polar surface area (TPSA) is 88.1 Å². The fourth-order valence-electron chi connectivity index (χ4n) is 4.85. The lowest BCUT2D eigenvalue weighted by Gasteiger charge is -2.35. The molecule has 1 aliphatic heterocycles. The molecule has 0 spiro atoms. The van der Waals surface area contributed by atoms with E-state index >= 15 is 0 Å². The average molecular weight is 477 g/mol. The largest absolute Gasteiger partial charge is 0.386 e. The van der Waals surface area contributed by atoms with Gasteiger partial charge in [-0.15, -0.1) is 0 Å². The van der Waals surface area contributed by atoms with Gasteiger partial charge in [0, 0.05) is 20.8 Å². The lowest BCUT2D eigenvalue weighted by molar-refractivity contribution is -0.142. The SMILES string of the molecule is CCC(C)CC(CC(=O)N1CCC[C@H]1[C@H](OC)[C@@H](C)C(=O)N[C@H](C)[C@@H](O)c1ccccc1)OC. The highest BCUT2D eigenvalue weighted by molar-refractivity contribution is 5.80. The summed E-state index contributed by atoms with van der Waals surface area (Å²) in [6, 6.07) is 8.67. The zero-order valence-electron chi connectivity index (χ0n) is 21.7. The molecule has 0 aromatic heterocycles. The van der Waals surface area contributed by atoms with Gasteiger partial charge >= 0.3 is 0 Å². The highest BCUT2D eigenvalue weighted by Crippen LogP contribution is 2.28. The summed E-state index contributed by atoms with van der Waals surface area (Å²) in [7, 11) is 3.26. The molecule has 7 heteroatoms. The van der Waals surface area contributed by atoms with E-state index in [9.17, 15) is 14.7 Å². The average Bonchev–Trinajstić information content (AvgIpc) is 3.33. The molecule has 1 saturated heterocycles. The zero-order chi connectivity index (χ0) is 25.3. The van der Waals surface area contributed by atoms with Crippen molar-refractivity contribution < 1.29 is 24.2 Å². The minimum Gasteiger partial charge on any atom is -0.386 e. The van der Waals surface area contributed by atoms with Crippen LogP contribution in [0.2, 0.25) is 0 Å². The van der Waals surface area contributed by atoms with E-state index in [0.717, 1.165) is 31.2 Å². The van der Waals surface area contributed by atoms with Crippen LogP contribution in [-0.4, -0.2) is 66.9 Å². The standard InChI is InChI=1S/C27H44N2O5/c1-7-18(2)16-22(33-5)17-24(30)29-15-11-14-23(29)26(34-6)19(3)27(32)28-20(4)25(31)21-12-9-8-10-13-21/h8-10,12-13,18-20,22-23,25-26,31H,7,11,14-17H2,1-6H3,(H,28,32)/t18?,19-,20-,22?,23+,25-,26-/m1/s1. The van der Waals surface area contributed by atoms with E-state index in [-0.39, 0.29) is 24.0 Å². The van der Waals surface area contributed by atoms with Gasteiger partial charge in [0.15, 0.2) is 0 Å². The van der Waals surface area contributed by atoms with Crippen LogP contribution in [0.4, 0.5) is 0 Å². The van der Waals surface area contributed by atoms with Crippen LogP contribution in [0.3, 0.4) is 0 Å². The Morgan fingerprint density at radius 2 is 1.82 bits per heavy atom. The molecule has 2 unspecified atom stereocenters. The summed E-state index contributed by atoms with van der Waals surface area (Å²) in [6.45, 7) is 8.60. The predicted molar refractivity (Wildman–Crippen MR) is 133 cm³/mol. The van der Waals surface area contributed by atoms with Crippen LogP contribution >= 0.6 is 0 Å². The van der Waals surface area contributed by atoms with Crippen molar-refractivity contribution in [2.24, 2.45) is 11.8 Å². The van der Waals surface area contributed by atoms with Gasteiger partial charge in [0.1, 0.15) is 0 Å². The molecule has 1 aromatic rings. The van der Waals surface area contributed by atoms with Gasteiger partial charge in [-0.2, -0.15) is 0 Å². The number of aliphatic hydroxyl groups excluding tert-OH is 1. The Kier molecular flexibility index (Phi) is 11.5. The first kappa shape index (κ1) is 28.3. The van der Waals surface area contributed by atoms with Crippen molar-refractivity contribution in [1.29, 1.82) is 0 Å². The molecule has 2 rings (SSSR count). The smallest absolute Gasteiger partial charge is 0.225 e. The predicted octanol–water partition coefficient (Wildman–Crippen LogP) is 3.71. The molecule has 0 bridgehead atoms. The van der Waals surface area contributed by atoms with Crippen molar-refractivity contribution >= 4 is 11.8 Å². The number of aliphatic hydroxyl groups is 1. The maximum absolute atomic E-state index is 13.2. The van der Waals surface area contributed by atoms with Crippen LogP contribution < -0.4 is 5.32 Å². The Morgan fingerprint density at radius 3 is 2.41 bits per heavy atom. The van der Waals surface area contributed by atoms with Crippen molar-refractivity contribution in [3.8, 4) is 0 Å². The number of nitrogens with zero attached hydrogens (tertiary/aromatic N) is 1. The van der Waals surface area contributed by atoms with Gasteiger partial charge in [-0.05, 0) is 37.7 Å². The summed E-state index contributed by atoms with van der Waals surface area (Å²) in [6.07, 6.45) is 2.59. The number of hydrogen-bond donors (Lipinski definition) is 2. The van der Waals surface area contributed by atoms with Crippen molar-refractivity contribution in [3.05, 3.63) is 35.9 Å². The molecular weight excluding hydrogens is 432 g/mol. The Hall–Kier alpha value is -1.96. The van der Waals surface area contributed by atoms with Gasteiger partial charge in [0.2, 0.25) is 11.8 Å². The zero-order valence-corrected chi connectivity index (χ0v) is 21.7. The molecular formula is C27H44N2O5. The second kappa shape index (κ2) is 13.8. The molecule has 34 heavy (non-hydrogen) atoms. The van der Waals surface area contributed by atoms with E-state index in [0.29, 0.717) is 18.9 Å². The number of carbonyl (C=O) groups is 2. The third-order valence-corrected chi connectivity index (χ3v) is 7.26. The molecule has 7 nitrogen and oxygen atoms in total. The van der Waals surface area contributed by atoms with E-state index in [1.165, 1.54) is 0 Å². The fourth-order valence-corrected chi connectivity index (χ4v) is 4.85. The molecule has 0 radical (unpaired) electrons. The first-order chi connectivity index (χ1) is 16.2. The summed E-state index contributed by atoms with van der Waals surface area (Å²) in [5.74, 6) is -0.122. The summed E-state index contributed by atoms with van der Waals surface area (Å²) < 4.78 is 11.4. The molecule has 1 aromatic carbocycles. The molecule has 0 saturated carbocycles. The number of rotatable bonds is 13. The monoisotopic (exact) mass is 476 g/mol. The van der Waals surface area contributed by atoms with Gasteiger partial charge in [0.25, 0.3) is 0 Å². The second-order valence-electron chi connectivity index (χ2n) is 9.75. The highest BCUT2D eigenvalue weighted by Gasteiger charge is 2.40.